The van der Waals surface area contributed by atoms with Gasteiger partial charge in [-0.1, -0.05) is 78.5 Å². The van der Waals surface area contributed by atoms with Crippen molar-refractivity contribution in [1.29, 1.82) is 0 Å². The molecule has 1 aromatic carbocycles. The first kappa shape index (κ1) is 28.0. The Hall–Kier alpha value is -2.58. The first-order chi connectivity index (χ1) is 16.9. The summed E-state index contributed by atoms with van der Waals surface area (Å²) in [6.07, 6.45) is 6.55. The summed E-state index contributed by atoms with van der Waals surface area (Å²) < 4.78 is 12.4. The number of rotatable bonds is 13. The number of H-pyrrole nitrogens is 1. The highest BCUT2D eigenvalue weighted by atomic mass is 28.4. The van der Waals surface area contributed by atoms with Crippen molar-refractivity contribution in [2.75, 3.05) is 11.9 Å². The zero-order valence-corrected chi connectivity index (χ0v) is 23.9. The molecule has 0 fully saturated rings. The van der Waals surface area contributed by atoms with Crippen molar-refractivity contribution in [1.82, 2.24) is 9.97 Å². The van der Waals surface area contributed by atoms with Crippen LogP contribution in [0.2, 0.25) is 18.1 Å². The maximum Gasteiger partial charge on any atom is 0.298 e. The molecule has 2 aromatic heterocycles. The molecule has 36 heavy (non-hydrogen) atoms. The van der Waals surface area contributed by atoms with E-state index in [0.29, 0.717) is 12.2 Å². The highest BCUT2D eigenvalue weighted by molar-refractivity contribution is 6.74. The van der Waals surface area contributed by atoms with E-state index in [0.717, 1.165) is 42.1 Å². The molecule has 0 aliphatic rings. The molecular weight excluding hydrogens is 470 g/mol. The number of fused-ring (bicyclic) bond motifs is 1. The van der Waals surface area contributed by atoms with Crippen molar-refractivity contribution < 1.29 is 18.7 Å². The molecule has 0 aliphatic heterocycles. The molecule has 3 rings (SSSR count). The van der Waals surface area contributed by atoms with Crippen molar-refractivity contribution in [3.05, 3.63) is 41.8 Å². The maximum atomic E-state index is 13.2. The SMILES string of the molecule is CCCCCCC(O[Si](C)(C)C(C)(C)C)C(=O)CNc1nc(O)c([C@H](C)c2c[nH]c3ccccc23)o1. The molecule has 0 aliphatic carbocycles. The topological polar surface area (TPSA) is 100 Å². The maximum absolute atomic E-state index is 13.2. The molecule has 198 valence electrons. The smallest absolute Gasteiger partial charge is 0.298 e. The Morgan fingerprint density at radius 1 is 1.22 bits per heavy atom. The van der Waals surface area contributed by atoms with Gasteiger partial charge >= 0.3 is 0 Å². The van der Waals surface area contributed by atoms with Crippen LogP contribution in [0.25, 0.3) is 10.9 Å². The summed E-state index contributed by atoms with van der Waals surface area (Å²) in [5, 5.41) is 14.6. The monoisotopic (exact) mass is 513 g/mol. The summed E-state index contributed by atoms with van der Waals surface area (Å²) in [7, 11) is -2.11. The first-order valence-electron chi connectivity index (χ1n) is 13.1. The number of aromatic hydroxyl groups is 1. The van der Waals surface area contributed by atoms with Gasteiger partial charge in [-0.3, -0.25) is 4.79 Å². The minimum atomic E-state index is -2.11. The summed E-state index contributed by atoms with van der Waals surface area (Å²) in [5.41, 5.74) is 2.03. The summed E-state index contributed by atoms with van der Waals surface area (Å²) in [4.78, 5) is 20.6. The van der Waals surface area contributed by atoms with Crippen molar-refractivity contribution in [3.63, 3.8) is 0 Å². The Labute approximate surface area is 216 Å². The number of hydrogen-bond acceptors (Lipinski definition) is 6. The van der Waals surface area contributed by atoms with Crippen molar-refractivity contribution >= 4 is 31.0 Å². The van der Waals surface area contributed by atoms with Gasteiger partial charge < -0.3 is 24.3 Å². The lowest BCUT2D eigenvalue weighted by molar-refractivity contribution is -0.124. The standard InChI is InChI=1S/C28H43N3O4Si/c1-8-9-10-11-16-24(35-36(6,7)28(3,4)5)23(32)18-30-27-31-26(33)25(34-27)19(2)21-17-29-22-15-13-12-14-20(21)22/h12-15,17,19,24,29,33H,8-11,16,18H2,1-7H3,(H,30,31)/t19-,24?/m1/s1. The zero-order valence-electron chi connectivity index (χ0n) is 22.9. The number of nitrogens with zero attached hydrogens (tertiary/aromatic N) is 1. The van der Waals surface area contributed by atoms with E-state index >= 15 is 0 Å². The van der Waals surface area contributed by atoms with Crippen LogP contribution in [-0.4, -0.2) is 41.8 Å². The molecule has 3 N–H and O–H groups in total. The molecule has 2 heterocycles. The van der Waals surface area contributed by atoms with Gasteiger partial charge in [-0.25, -0.2) is 0 Å². The number of aromatic amines is 1. The number of ketones is 1. The fourth-order valence-electron chi connectivity index (χ4n) is 4.13. The second-order valence-corrected chi connectivity index (χ2v) is 16.0. The van der Waals surface area contributed by atoms with Gasteiger partial charge in [-0.2, -0.15) is 4.98 Å². The van der Waals surface area contributed by atoms with Crippen LogP contribution in [0.4, 0.5) is 6.01 Å². The molecule has 0 amide bonds. The Kier molecular flexibility index (Phi) is 9.06. The number of Topliss-reactive ketones (excluding diaryl/α,β-unsaturated/α-hetero) is 1. The average Bonchev–Trinajstić information content (AvgIpc) is 3.41. The minimum absolute atomic E-state index is 0.0137. The second-order valence-electron chi connectivity index (χ2n) is 11.3. The summed E-state index contributed by atoms with van der Waals surface area (Å²) in [6.45, 7) is 15.1. The number of para-hydroxylation sites is 1. The molecular formula is C28H43N3O4Si. The van der Waals surface area contributed by atoms with Gasteiger partial charge in [0.05, 0.1) is 6.54 Å². The Morgan fingerprint density at radius 3 is 2.64 bits per heavy atom. The van der Waals surface area contributed by atoms with Gasteiger partial charge in [0.25, 0.3) is 11.9 Å². The molecule has 1 unspecified atom stereocenters. The number of nitrogens with one attached hydrogen (secondary N) is 2. The van der Waals surface area contributed by atoms with E-state index < -0.39 is 14.4 Å². The van der Waals surface area contributed by atoms with E-state index in [4.69, 9.17) is 8.84 Å². The van der Waals surface area contributed by atoms with Gasteiger partial charge in [-0.05, 0) is 36.2 Å². The third kappa shape index (κ3) is 6.59. The minimum Gasteiger partial charge on any atom is -0.491 e. The molecule has 0 saturated carbocycles. The van der Waals surface area contributed by atoms with Gasteiger partial charge in [0.15, 0.2) is 19.9 Å². The molecule has 2 atom stereocenters. The predicted octanol–water partition coefficient (Wildman–Crippen LogP) is 7.36. The van der Waals surface area contributed by atoms with Gasteiger partial charge in [0.2, 0.25) is 0 Å². The number of carbonyl (C=O) groups excluding carboxylic acids is 1. The van der Waals surface area contributed by atoms with Crippen LogP contribution in [0.1, 0.15) is 84.0 Å². The molecule has 3 aromatic rings. The molecule has 7 nitrogen and oxygen atoms in total. The second kappa shape index (κ2) is 11.6. The lowest BCUT2D eigenvalue weighted by atomic mass is 9.98. The van der Waals surface area contributed by atoms with E-state index in [2.05, 4.69) is 56.1 Å². The largest absolute Gasteiger partial charge is 0.491 e. The van der Waals surface area contributed by atoms with Crippen LogP contribution in [0.15, 0.2) is 34.9 Å². The van der Waals surface area contributed by atoms with Crippen LogP contribution < -0.4 is 5.32 Å². The van der Waals surface area contributed by atoms with Crippen LogP contribution in [0.5, 0.6) is 5.88 Å². The molecule has 8 heteroatoms. The summed E-state index contributed by atoms with van der Waals surface area (Å²) in [6, 6.07) is 8.14. The van der Waals surface area contributed by atoms with Crippen molar-refractivity contribution in [3.8, 4) is 5.88 Å². The highest BCUT2D eigenvalue weighted by Crippen LogP contribution is 2.38. The van der Waals surface area contributed by atoms with E-state index in [1.807, 2.05) is 37.4 Å². The van der Waals surface area contributed by atoms with Crippen molar-refractivity contribution in [2.24, 2.45) is 0 Å². The molecule has 0 bridgehead atoms. The van der Waals surface area contributed by atoms with Crippen LogP contribution in [-0.2, 0) is 9.22 Å². The van der Waals surface area contributed by atoms with Gasteiger partial charge in [-0.15, -0.1) is 0 Å². The highest BCUT2D eigenvalue weighted by Gasteiger charge is 2.40. The molecule has 0 saturated heterocycles. The van der Waals surface area contributed by atoms with Crippen LogP contribution in [0, 0.1) is 0 Å². The fourth-order valence-corrected chi connectivity index (χ4v) is 5.44. The van der Waals surface area contributed by atoms with Gasteiger partial charge in [0, 0.05) is 23.0 Å². The van der Waals surface area contributed by atoms with E-state index in [9.17, 15) is 9.90 Å². The number of benzene rings is 1. The Bertz CT molecular complexity index is 1150. The van der Waals surface area contributed by atoms with Crippen LogP contribution in [0.3, 0.4) is 0 Å². The Balaban J connectivity index is 1.69. The van der Waals surface area contributed by atoms with Crippen LogP contribution >= 0.6 is 0 Å². The van der Waals surface area contributed by atoms with Gasteiger partial charge in [0.1, 0.15) is 6.10 Å². The third-order valence-electron chi connectivity index (χ3n) is 7.45. The average molecular weight is 514 g/mol. The zero-order chi connectivity index (χ0) is 26.5. The molecule has 0 radical (unpaired) electrons. The van der Waals surface area contributed by atoms with Crippen molar-refractivity contribution in [2.45, 2.75) is 96.9 Å². The lowest BCUT2D eigenvalue weighted by Gasteiger charge is -2.39. The third-order valence-corrected chi connectivity index (χ3v) is 11.9. The van der Waals surface area contributed by atoms with E-state index in [-0.39, 0.29) is 35.2 Å². The quantitative estimate of drug-likeness (QED) is 0.163. The number of oxazole rings is 1. The summed E-state index contributed by atoms with van der Waals surface area (Å²) in [5.74, 6) is -0.0342. The number of unbranched alkanes of at least 4 members (excludes halogenated alkanes) is 3. The Morgan fingerprint density at radius 2 is 1.94 bits per heavy atom. The number of carbonyl (C=O) groups is 1. The predicted molar refractivity (Wildman–Crippen MR) is 148 cm³/mol. The number of anilines is 1. The first-order valence-corrected chi connectivity index (χ1v) is 16.1. The fraction of sp³-hybridized carbons (Fsp3) is 0.571. The van der Waals surface area contributed by atoms with E-state index in [1.54, 1.807) is 0 Å². The number of aromatic nitrogens is 2. The lowest BCUT2D eigenvalue weighted by Crippen LogP contribution is -2.47. The molecule has 0 spiro atoms. The normalized spacial score (nSPS) is 14.2. The summed E-state index contributed by atoms with van der Waals surface area (Å²) >= 11 is 0. The number of hydrogen-bond donors (Lipinski definition) is 3. The van der Waals surface area contributed by atoms with E-state index in [1.165, 1.54) is 0 Å².